The van der Waals surface area contributed by atoms with Gasteiger partial charge in [-0.1, -0.05) is 12.1 Å². The zero-order valence-electron chi connectivity index (χ0n) is 5.90. The minimum Gasteiger partial charge on any atom is -0.648 e. The van der Waals surface area contributed by atoms with Gasteiger partial charge in [0.15, 0.2) is 0 Å². The van der Waals surface area contributed by atoms with Crippen LogP contribution in [-0.2, 0) is 23.4 Å². The standard InChI is InChI=1S/C5H10N2O2.V/c1-3-6-5(8)4(2)7-9;/h3H2,1-2H3,(H2,6,8,9);/p-1. The van der Waals surface area contributed by atoms with Crippen LogP contribution in [0.4, 0.5) is 0 Å². The van der Waals surface area contributed by atoms with Gasteiger partial charge in [-0.05, 0) is 6.92 Å². The zero-order chi connectivity index (χ0) is 7.28. The van der Waals surface area contributed by atoms with Crippen molar-refractivity contribution in [1.29, 1.82) is 0 Å². The maximum atomic E-state index is 10.5. The maximum Gasteiger partial charge on any atom is 0.101 e. The summed E-state index contributed by atoms with van der Waals surface area (Å²) in [6.07, 6.45) is 0. The summed E-state index contributed by atoms with van der Waals surface area (Å²) in [6.45, 7) is 3.57. The van der Waals surface area contributed by atoms with Gasteiger partial charge in [0.25, 0.3) is 0 Å². The second-order valence-electron chi connectivity index (χ2n) is 1.46. The minimum atomic E-state index is -0.458. The number of rotatable bonds is 2. The number of hydrogen-bond donors (Lipinski definition) is 1. The molecule has 5 heteroatoms. The van der Waals surface area contributed by atoms with E-state index in [1.807, 2.05) is 0 Å². The van der Waals surface area contributed by atoms with Gasteiger partial charge in [-0.3, -0.25) is 0 Å². The fourth-order valence-electron chi connectivity index (χ4n) is 0.301. The molecule has 10 heavy (non-hydrogen) atoms. The fourth-order valence-corrected chi connectivity index (χ4v) is 0.301. The summed E-state index contributed by atoms with van der Waals surface area (Å²) in [4.78, 5) is 10.5. The molecule has 1 N–H and O–H groups in total. The first-order chi connectivity index (χ1) is 4.22. The molecule has 0 spiro atoms. The van der Waals surface area contributed by atoms with Gasteiger partial charge in [-0.2, -0.15) is 0 Å². The van der Waals surface area contributed by atoms with Crippen molar-refractivity contribution in [2.75, 3.05) is 6.54 Å². The van der Waals surface area contributed by atoms with Crippen molar-refractivity contribution in [3.63, 3.8) is 0 Å². The van der Waals surface area contributed by atoms with Crippen molar-refractivity contribution in [3.05, 3.63) is 5.32 Å². The SMILES string of the molecule is CC[N-]C(=O)/C(C)=N/O.[V]. The molecular formula is C5H9N2O2V-. The van der Waals surface area contributed by atoms with E-state index in [-0.39, 0.29) is 24.3 Å². The smallest absolute Gasteiger partial charge is 0.101 e. The third-order valence-corrected chi connectivity index (χ3v) is 0.761. The number of carbonyl (C=O) groups excluding carboxylic acids is 1. The number of oxime groups is 1. The largest absolute Gasteiger partial charge is 0.648 e. The van der Waals surface area contributed by atoms with Crippen LogP contribution >= 0.6 is 0 Å². The van der Waals surface area contributed by atoms with E-state index >= 15 is 0 Å². The van der Waals surface area contributed by atoms with Crippen LogP contribution in [0.15, 0.2) is 5.16 Å². The van der Waals surface area contributed by atoms with E-state index < -0.39 is 5.91 Å². The molecule has 0 aromatic heterocycles. The van der Waals surface area contributed by atoms with E-state index in [9.17, 15) is 4.79 Å². The Morgan fingerprint density at radius 2 is 2.20 bits per heavy atom. The molecule has 1 amide bonds. The van der Waals surface area contributed by atoms with E-state index in [1.54, 1.807) is 6.92 Å². The van der Waals surface area contributed by atoms with Gasteiger partial charge in [0.2, 0.25) is 0 Å². The van der Waals surface area contributed by atoms with Crippen molar-refractivity contribution >= 4 is 11.6 Å². The van der Waals surface area contributed by atoms with E-state index in [4.69, 9.17) is 5.21 Å². The van der Waals surface area contributed by atoms with Crippen molar-refractivity contribution in [3.8, 4) is 0 Å². The maximum absolute atomic E-state index is 10.5. The Labute approximate surface area is 71.6 Å². The Morgan fingerprint density at radius 3 is 2.50 bits per heavy atom. The molecule has 4 nitrogen and oxygen atoms in total. The topological polar surface area (TPSA) is 63.8 Å². The average Bonchev–Trinajstić information content (AvgIpc) is 1.87. The molecule has 0 saturated carbocycles. The van der Waals surface area contributed by atoms with Gasteiger partial charge >= 0.3 is 0 Å². The molecule has 0 aromatic carbocycles. The molecule has 0 saturated heterocycles. The molecule has 0 unspecified atom stereocenters. The van der Waals surface area contributed by atoms with E-state index in [2.05, 4.69) is 10.5 Å². The first-order valence-corrected chi connectivity index (χ1v) is 2.62. The first kappa shape index (κ1) is 12.2. The number of carbonyl (C=O) groups is 1. The summed E-state index contributed by atoms with van der Waals surface area (Å²) in [5.41, 5.74) is 0.0249. The molecule has 0 bridgehead atoms. The monoisotopic (exact) mass is 180 g/mol. The molecule has 1 radical (unpaired) electrons. The molecule has 0 heterocycles. The third-order valence-electron chi connectivity index (χ3n) is 0.761. The first-order valence-electron chi connectivity index (χ1n) is 2.62. The van der Waals surface area contributed by atoms with Crippen LogP contribution < -0.4 is 0 Å². The van der Waals surface area contributed by atoms with Gasteiger partial charge in [0.1, 0.15) is 5.71 Å². The Kier molecular flexibility index (Phi) is 8.12. The number of amides is 1. The van der Waals surface area contributed by atoms with Crippen LogP contribution in [0, 0.1) is 0 Å². The van der Waals surface area contributed by atoms with Crippen LogP contribution in [-0.4, -0.2) is 23.4 Å². The zero-order valence-corrected chi connectivity index (χ0v) is 7.30. The summed E-state index contributed by atoms with van der Waals surface area (Å²) in [7, 11) is 0. The molecular weight excluding hydrogens is 171 g/mol. The second-order valence-corrected chi connectivity index (χ2v) is 1.46. The normalized spacial score (nSPS) is 10.0. The number of hydrogen-bond acceptors (Lipinski definition) is 3. The van der Waals surface area contributed by atoms with Crippen molar-refractivity contribution in [2.24, 2.45) is 5.16 Å². The molecule has 0 fully saturated rings. The van der Waals surface area contributed by atoms with Crippen molar-refractivity contribution in [2.45, 2.75) is 13.8 Å². The van der Waals surface area contributed by atoms with Crippen LogP contribution in [0.2, 0.25) is 0 Å². The molecule has 0 aliphatic heterocycles. The Hall–Kier alpha value is -0.476. The van der Waals surface area contributed by atoms with Crippen molar-refractivity contribution in [1.82, 2.24) is 0 Å². The quantitative estimate of drug-likeness (QED) is 0.387. The van der Waals surface area contributed by atoms with Gasteiger partial charge in [0.05, 0.1) is 5.91 Å². The van der Waals surface area contributed by atoms with Gasteiger partial charge in [-0.25, -0.2) is 0 Å². The van der Waals surface area contributed by atoms with Crippen molar-refractivity contribution < 1.29 is 28.6 Å². The van der Waals surface area contributed by atoms with E-state index in [1.165, 1.54) is 6.92 Å². The summed E-state index contributed by atoms with van der Waals surface area (Å²) < 4.78 is 0. The second kappa shape index (κ2) is 6.64. The van der Waals surface area contributed by atoms with Gasteiger partial charge in [-0.15, -0.1) is 6.54 Å². The average molecular weight is 180 g/mol. The molecule has 0 atom stereocenters. The fraction of sp³-hybridized carbons (Fsp3) is 0.600. The third kappa shape index (κ3) is 4.41. The van der Waals surface area contributed by atoms with Crippen LogP contribution in [0.25, 0.3) is 5.32 Å². The van der Waals surface area contributed by atoms with Crippen LogP contribution in [0.3, 0.4) is 0 Å². The summed E-state index contributed by atoms with van der Waals surface area (Å²) in [5, 5.41) is 14.2. The summed E-state index contributed by atoms with van der Waals surface area (Å²) >= 11 is 0. The minimum absolute atomic E-state index is 0. The molecule has 0 aliphatic carbocycles. The molecule has 0 aromatic rings. The van der Waals surface area contributed by atoms with Gasteiger partial charge in [0, 0.05) is 18.6 Å². The number of nitrogens with zero attached hydrogens (tertiary/aromatic N) is 2. The van der Waals surface area contributed by atoms with E-state index in [0.29, 0.717) is 6.54 Å². The summed E-state index contributed by atoms with van der Waals surface area (Å²) in [5.74, 6) is -0.458. The summed E-state index contributed by atoms with van der Waals surface area (Å²) in [6, 6.07) is 0. The Morgan fingerprint density at radius 1 is 1.70 bits per heavy atom. The predicted molar refractivity (Wildman–Crippen MR) is 33.8 cm³/mol. The Balaban J connectivity index is 0. The van der Waals surface area contributed by atoms with E-state index in [0.717, 1.165) is 0 Å². The molecule has 0 rings (SSSR count). The Bertz CT molecular complexity index is 136. The van der Waals surface area contributed by atoms with Crippen LogP contribution in [0.5, 0.6) is 0 Å². The predicted octanol–water partition coefficient (Wildman–Crippen LogP) is 0.754. The molecule has 57 valence electrons. The van der Waals surface area contributed by atoms with Crippen LogP contribution in [0.1, 0.15) is 13.8 Å². The molecule has 0 aliphatic rings. The van der Waals surface area contributed by atoms with Gasteiger partial charge < -0.3 is 15.3 Å².